The molecular weight excluding hydrogens is 486 g/mol. The zero-order valence-corrected chi connectivity index (χ0v) is 19.9. The molecule has 0 bridgehead atoms. The minimum absolute atomic E-state index is 0.00596. The van der Waals surface area contributed by atoms with Crippen molar-refractivity contribution < 1.29 is 38.1 Å². The number of halogens is 1. The van der Waals surface area contributed by atoms with Gasteiger partial charge in [0.05, 0.1) is 25.2 Å². The first-order chi connectivity index (χ1) is 16.4. The normalized spacial score (nSPS) is 15.7. The van der Waals surface area contributed by atoms with Crippen molar-refractivity contribution in [1.82, 2.24) is 4.90 Å². The van der Waals surface area contributed by atoms with E-state index in [0.717, 1.165) is 16.7 Å². The molecule has 0 saturated carbocycles. The van der Waals surface area contributed by atoms with Gasteiger partial charge in [-0.3, -0.25) is 14.5 Å². The summed E-state index contributed by atoms with van der Waals surface area (Å²) < 4.78 is 26.3. The lowest BCUT2D eigenvalue weighted by atomic mass is 10.1. The Bertz CT molecular complexity index is 1180. The molecule has 2 amide bonds. The largest absolute Gasteiger partial charge is 0.493 e. The predicted molar refractivity (Wildman–Crippen MR) is 124 cm³/mol. The van der Waals surface area contributed by atoms with E-state index in [2.05, 4.69) is 0 Å². The molecule has 178 valence electrons. The molecule has 2 aliphatic rings. The molecule has 2 heterocycles. The average Bonchev–Trinajstić information content (AvgIpc) is 3.37. The van der Waals surface area contributed by atoms with Crippen molar-refractivity contribution >= 4 is 46.6 Å². The van der Waals surface area contributed by atoms with Gasteiger partial charge in [-0.25, -0.2) is 4.79 Å². The highest BCUT2D eigenvalue weighted by molar-refractivity contribution is 8.18. The number of nitrogens with zero attached hydrogens (tertiary/aromatic N) is 1. The number of esters is 1. The van der Waals surface area contributed by atoms with Gasteiger partial charge >= 0.3 is 5.97 Å². The van der Waals surface area contributed by atoms with Gasteiger partial charge in [0.2, 0.25) is 6.79 Å². The molecule has 1 fully saturated rings. The molecular formula is C23H20ClNO8S. The van der Waals surface area contributed by atoms with E-state index in [1.54, 1.807) is 43.3 Å². The van der Waals surface area contributed by atoms with Gasteiger partial charge in [0.1, 0.15) is 0 Å². The number of fused-ring (bicyclic) bond motifs is 1. The average molecular weight is 506 g/mol. The number of rotatable bonds is 8. The van der Waals surface area contributed by atoms with E-state index in [1.807, 2.05) is 0 Å². The van der Waals surface area contributed by atoms with Crippen LogP contribution < -0.4 is 18.9 Å². The van der Waals surface area contributed by atoms with Crippen LogP contribution in [0.1, 0.15) is 18.1 Å². The molecule has 0 atom stereocenters. The summed E-state index contributed by atoms with van der Waals surface area (Å²) in [7, 11) is 1.47. The maximum absolute atomic E-state index is 13.0. The number of carbonyl (C=O) groups excluding carboxylic acids is 3. The molecule has 2 aromatic rings. The first-order valence-corrected chi connectivity index (χ1v) is 11.4. The summed E-state index contributed by atoms with van der Waals surface area (Å²) in [5, 5.41) is -0.0527. The highest BCUT2D eigenvalue weighted by atomic mass is 35.5. The van der Waals surface area contributed by atoms with Crippen molar-refractivity contribution in [3.8, 4) is 23.0 Å². The molecule has 2 aliphatic heterocycles. The molecule has 0 spiro atoms. The minimum Gasteiger partial charge on any atom is -0.493 e. The van der Waals surface area contributed by atoms with E-state index in [1.165, 1.54) is 7.11 Å². The quantitative estimate of drug-likeness (QED) is 0.385. The van der Waals surface area contributed by atoms with E-state index in [0.29, 0.717) is 39.1 Å². The van der Waals surface area contributed by atoms with Gasteiger partial charge < -0.3 is 23.7 Å². The van der Waals surface area contributed by atoms with Crippen molar-refractivity contribution in [3.05, 3.63) is 51.4 Å². The van der Waals surface area contributed by atoms with Crippen molar-refractivity contribution in [2.45, 2.75) is 13.5 Å². The van der Waals surface area contributed by atoms with Gasteiger partial charge in [-0.05, 0) is 54.1 Å². The molecule has 0 unspecified atom stereocenters. The fraction of sp³-hybridized carbons (Fsp3) is 0.261. The van der Waals surface area contributed by atoms with Crippen LogP contribution in [-0.2, 0) is 20.9 Å². The topological polar surface area (TPSA) is 101 Å². The van der Waals surface area contributed by atoms with Crippen LogP contribution in [0.2, 0.25) is 5.02 Å². The Morgan fingerprint density at radius 3 is 2.68 bits per heavy atom. The summed E-state index contributed by atoms with van der Waals surface area (Å²) in [6.07, 6.45) is 1.57. The van der Waals surface area contributed by atoms with Crippen molar-refractivity contribution in [1.29, 1.82) is 0 Å². The number of thioether (sulfide) groups is 1. The van der Waals surface area contributed by atoms with Crippen molar-refractivity contribution in [2.75, 3.05) is 27.1 Å². The molecule has 11 heteroatoms. The maximum atomic E-state index is 13.0. The number of carbonyl (C=O) groups is 3. The lowest BCUT2D eigenvalue weighted by Crippen LogP contribution is -2.27. The summed E-state index contributed by atoms with van der Waals surface area (Å²) in [4.78, 5) is 38.5. The second kappa shape index (κ2) is 10.3. The Balaban J connectivity index is 1.52. The number of imide groups is 1. The maximum Gasteiger partial charge on any atom is 0.344 e. The smallest absolute Gasteiger partial charge is 0.344 e. The second-order valence-corrected chi connectivity index (χ2v) is 8.47. The van der Waals surface area contributed by atoms with Crippen LogP contribution in [0.5, 0.6) is 23.0 Å². The SMILES string of the molecule is CCOC(=O)COc1cc(/C=C2\SC(=O)N(Cc3cc4c(cc3Cl)OCO4)C2=O)ccc1OC. The van der Waals surface area contributed by atoms with Crippen LogP contribution in [0.3, 0.4) is 0 Å². The Morgan fingerprint density at radius 2 is 1.94 bits per heavy atom. The fourth-order valence-electron chi connectivity index (χ4n) is 3.27. The Labute approximate surface area is 204 Å². The van der Waals surface area contributed by atoms with Crippen LogP contribution in [0, 0.1) is 0 Å². The predicted octanol–water partition coefficient (Wildman–Crippen LogP) is 4.26. The summed E-state index contributed by atoms with van der Waals surface area (Å²) in [6, 6.07) is 8.22. The highest BCUT2D eigenvalue weighted by Crippen LogP contribution is 2.40. The van der Waals surface area contributed by atoms with E-state index in [4.69, 9.17) is 35.3 Å². The van der Waals surface area contributed by atoms with Crippen LogP contribution in [0.4, 0.5) is 4.79 Å². The number of hydrogen-bond donors (Lipinski definition) is 0. The van der Waals surface area contributed by atoms with Gasteiger partial charge in [0, 0.05) is 11.1 Å². The van der Waals surface area contributed by atoms with Crippen molar-refractivity contribution in [3.63, 3.8) is 0 Å². The van der Waals surface area contributed by atoms with Gasteiger partial charge in [0.15, 0.2) is 29.6 Å². The first-order valence-electron chi connectivity index (χ1n) is 10.2. The lowest BCUT2D eigenvalue weighted by molar-refractivity contribution is -0.145. The zero-order chi connectivity index (χ0) is 24.2. The molecule has 9 nitrogen and oxygen atoms in total. The standard InChI is InChI=1S/C23H20ClNO8S/c1-3-30-21(26)11-31-17-6-13(4-5-16(17)29-2)7-20-22(27)25(23(28)34-20)10-14-8-18-19(9-15(14)24)33-12-32-18/h4-9H,3,10-12H2,1-2H3/b20-7-. The fourth-order valence-corrected chi connectivity index (χ4v) is 4.33. The molecule has 0 N–H and O–H groups in total. The van der Waals surface area contributed by atoms with E-state index < -0.39 is 17.1 Å². The first kappa shape index (κ1) is 23.8. The van der Waals surface area contributed by atoms with E-state index in [9.17, 15) is 14.4 Å². The van der Waals surface area contributed by atoms with Gasteiger partial charge in [0.25, 0.3) is 11.1 Å². The van der Waals surface area contributed by atoms with Gasteiger partial charge in [-0.2, -0.15) is 0 Å². The molecule has 0 radical (unpaired) electrons. The number of amides is 2. The number of methoxy groups -OCH3 is 1. The molecule has 4 rings (SSSR count). The monoisotopic (exact) mass is 505 g/mol. The number of ether oxygens (including phenoxy) is 5. The van der Waals surface area contributed by atoms with Gasteiger partial charge in [-0.15, -0.1) is 0 Å². The summed E-state index contributed by atoms with van der Waals surface area (Å²) in [6.45, 7) is 1.74. The van der Waals surface area contributed by atoms with Crippen LogP contribution in [0.25, 0.3) is 6.08 Å². The third-order valence-electron chi connectivity index (χ3n) is 4.88. The third-order valence-corrected chi connectivity index (χ3v) is 6.14. The second-order valence-electron chi connectivity index (χ2n) is 7.07. The third kappa shape index (κ3) is 5.07. The Morgan fingerprint density at radius 1 is 1.18 bits per heavy atom. The zero-order valence-electron chi connectivity index (χ0n) is 18.3. The molecule has 2 aromatic carbocycles. The Kier molecular flexibility index (Phi) is 7.18. The summed E-state index contributed by atoms with van der Waals surface area (Å²) in [5.41, 5.74) is 1.15. The van der Waals surface area contributed by atoms with Crippen LogP contribution in [0.15, 0.2) is 35.2 Å². The van der Waals surface area contributed by atoms with Crippen molar-refractivity contribution in [2.24, 2.45) is 0 Å². The van der Waals surface area contributed by atoms with E-state index in [-0.39, 0.29) is 31.5 Å². The minimum atomic E-state index is -0.516. The molecule has 1 saturated heterocycles. The van der Waals surface area contributed by atoms with Crippen LogP contribution >= 0.6 is 23.4 Å². The molecule has 0 aromatic heterocycles. The van der Waals surface area contributed by atoms with E-state index >= 15 is 0 Å². The summed E-state index contributed by atoms with van der Waals surface area (Å²) >= 11 is 7.12. The number of benzene rings is 2. The lowest BCUT2D eigenvalue weighted by Gasteiger charge is -2.14. The highest BCUT2D eigenvalue weighted by Gasteiger charge is 2.35. The molecule has 0 aliphatic carbocycles. The van der Waals surface area contributed by atoms with Crippen LogP contribution in [-0.4, -0.2) is 49.1 Å². The van der Waals surface area contributed by atoms with Gasteiger partial charge in [-0.1, -0.05) is 17.7 Å². The Hall–Kier alpha value is -3.37. The summed E-state index contributed by atoms with van der Waals surface area (Å²) in [5.74, 6) is 0.772. The number of hydrogen-bond acceptors (Lipinski definition) is 9. The molecule has 34 heavy (non-hydrogen) atoms.